The molecule has 0 radical (unpaired) electrons. The van der Waals surface area contributed by atoms with Crippen LogP contribution in [-0.2, 0) is 4.79 Å². The number of nitrogens with zero attached hydrogens (tertiary/aromatic N) is 2. The standard InChI is InChI=1S/C12H15N5O2S/c1-7(20-12-15-11(13)16-17-12)10(18)14-8-3-5-9(19-2)6-4-8/h3-7H,1-2H3,(H,14,18)(H3,13,15,16,17). The summed E-state index contributed by atoms with van der Waals surface area (Å²) in [5, 5.41) is 9.31. The zero-order chi connectivity index (χ0) is 14.5. The number of hydrogen-bond donors (Lipinski definition) is 3. The van der Waals surface area contributed by atoms with E-state index in [2.05, 4.69) is 20.5 Å². The molecule has 7 nitrogen and oxygen atoms in total. The average molecular weight is 293 g/mol. The highest BCUT2D eigenvalue weighted by molar-refractivity contribution is 8.00. The van der Waals surface area contributed by atoms with Crippen molar-refractivity contribution < 1.29 is 9.53 Å². The fourth-order valence-electron chi connectivity index (χ4n) is 1.44. The third kappa shape index (κ3) is 3.64. The number of ether oxygens (including phenoxy) is 1. The van der Waals surface area contributed by atoms with E-state index in [9.17, 15) is 4.79 Å². The Morgan fingerprint density at radius 1 is 1.45 bits per heavy atom. The highest BCUT2D eigenvalue weighted by atomic mass is 32.2. The molecule has 4 N–H and O–H groups in total. The number of rotatable bonds is 5. The summed E-state index contributed by atoms with van der Waals surface area (Å²) in [6, 6.07) is 7.12. The number of anilines is 2. The molecule has 0 saturated heterocycles. The van der Waals surface area contributed by atoms with Gasteiger partial charge in [-0.05, 0) is 31.2 Å². The first-order valence-electron chi connectivity index (χ1n) is 5.88. The maximum absolute atomic E-state index is 12.0. The lowest BCUT2D eigenvalue weighted by molar-refractivity contribution is -0.115. The van der Waals surface area contributed by atoms with Crippen LogP contribution in [0.4, 0.5) is 11.6 Å². The maximum Gasteiger partial charge on any atom is 0.237 e. The molecule has 1 unspecified atom stereocenters. The molecule has 1 aromatic heterocycles. The summed E-state index contributed by atoms with van der Waals surface area (Å²) in [6.07, 6.45) is 0. The number of methoxy groups -OCH3 is 1. The van der Waals surface area contributed by atoms with Crippen LogP contribution in [0.15, 0.2) is 29.4 Å². The quantitative estimate of drug-likeness (QED) is 0.722. The second-order valence-corrected chi connectivity index (χ2v) is 5.29. The minimum Gasteiger partial charge on any atom is -0.497 e. The van der Waals surface area contributed by atoms with E-state index in [-0.39, 0.29) is 17.1 Å². The molecule has 0 saturated carbocycles. The summed E-state index contributed by atoms with van der Waals surface area (Å²) in [5.74, 6) is 0.834. The Hall–Kier alpha value is -2.22. The number of thioether (sulfide) groups is 1. The zero-order valence-corrected chi connectivity index (χ0v) is 11.9. The number of aromatic amines is 1. The maximum atomic E-state index is 12.0. The summed E-state index contributed by atoms with van der Waals surface area (Å²) in [5.41, 5.74) is 6.13. The molecule has 0 bridgehead atoms. The number of carbonyl (C=O) groups is 1. The van der Waals surface area contributed by atoms with Crippen molar-refractivity contribution in [3.05, 3.63) is 24.3 Å². The molecule has 2 rings (SSSR count). The van der Waals surface area contributed by atoms with Gasteiger partial charge in [-0.1, -0.05) is 11.8 Å². The van der Waals surface area contributed by atoms with E-state index in [0.29, 0.717) is 10.8 Å². The fraction of sp³-hybridized carbons (Fsp3) is 0.250. The van der Waals surface area contributed by atoms with E-state index < -0.39 is 0 Å². The van der Waals surface area contributed by atoms with Crippen LogP contribution in [0.3, 0.4) is 0 Å². The van der Waals surface area contributed by atoms with Crippen LogP contribution >= 0.6 is 11.8 Å². The number of hydrogen-bond acceptors (Lipinski definition) is 6. The molecule has 0 fully saturated rings. The van der Waals surface area contributed by atoms with Gasteiger partial charge < -0.3 is 15.8 Å². The van der Waals surface area contributed by atoms with E-state index in [1.54, 1.807) is 38.3 Å². The first kappa shape index (κ1) is 14.2. The second-order valence-electron chi connectivity index (χ2n) is 3.98. The van der Waals surface area contributed by atoms with Gasteiger partial charge in [-0.3, -0.25) is 4.79 Å². The molecule has 0 aliphatic carbocycles. The molecule has 2 aromatic rings. The van der Waals surface area contributed by atoms with Crippen molar-refractivity contribution >= 4 is 29.3 Å². The Morgan fingerprint density at radius 3 is 2.70 bits per heavy atom. The molecule has 0 aliphatic rings. The van der Waals surface area contributed by atoms with Crippen LogP contribution in [0.5, 0.6) is 5.75 Å². The van der Waals surface area contributed by atoms with Crippen LogP contribution in [0.1, 0.15) is 6.92 Å². The van der Waals surface area contributed by atoms with Gasteiger partial charge in [0.15, 0.2) is 0 Å². The van der Waals surface area contributed by atoms with Gasteiger partial charge in [-0.25, -0.2) is 5.10 Å². The average Bonchev–Trinajstić information content (AvgIpc) is 2.85. The van der Waals surface area contributed by atoms with Crippen molar-refractivity contribution in [3.8, 4) is 5.75 Å². The van der Waals surface area contributed by atoms with Gasteiger partial charge >= 0.3 is 0 Å². The van der Waals surface area contributed by atoms with Gasteiger partial charge in [0.1, 0.15) is 5.75 Å². The molecule has 1 aromatic carbocycles. The van der Waals surface area contributed by atoms with Crippen molar-refractivity contribution in [2.75, 3.05) is 18.2 Å². The topological polar surface area (TPSA) is 106 Å². The van der Waals surface area contributed by atoms with E-state index in [0.717, 1.165) is 5.75 Å². The minimum absolute atomic E-state index is 0.136. The Labute approximate surface area is 120 Å². The zero-order valence-electron chi connectivity index (χ0n) is 11.1. The second kappa shape index (κ2) is 6.29. The van der Waals surface area contributed by atoms with Crippen LogP contribution < -0.4 is 15.8 Å². The van der Waals surface area contributed by atoms with Gasteiger partial charge in [0.05, 0.1) is 12.4 Å². The largest absolute Gasteiger partial charge is 0.497 e. The number of aromatic nitrogens is 3. The third-order valence-electron chi connectivity index (χ3n) is 2.49. The van der Waals surface area contributed by atoms with Crippen LogP contribution in [0.25, 0.3) is 0 Å². The molecular weight excluding hydrogens is 278 g/mol. The number of H-pyrrole nitrogens is 1. The van der Waals surface area contributed by atoms with Gasteiger partial charge in [-0.15, -0.1) is 5.10 Å². The van der Waals surface area contributed by atoms with Crippen molar-refractivity contribution in [3.63, 3.8) is 0 Å². The first-order chi connectivity index (χ1) is 9.58. The predicted octanol–water partition coefficient (Wildman–Crippen LogP) is 1.51. The summed E-state index contributed by atoms with van der Waals surface area (Å²) >= 11 is 1.23. The number of nitrogen functional groups attached to an aromatic ring is 1. The molecule has 8 heteroatoms. The molecule has 1 amide bonds. The Balaban J connectivity index is 1.93. The number of nitrogens with two attached hydrogens (primary N) is 1. The van der Waals surface area contributed by atoms with E-state index in [4.69, 9.17) is 10.5 Å². The molecule has 0 spiro atoms. The Morgan fingerprint density at radius 2 is 2.15 bits per heavy atom. The number of benzene rings is 1. The van der Waals surface area contributed by atoms with Crippen molar-refractivity contribution in [2.45, 2.75) is 17.3 Å². The fourth-order valence-corrected chi connectivity index (χ4v) is 2.17. The smallest absolute Gasteiger partial charge is 0.237 e. The van der Waals surface area contributed by atoms with Gasteiger partial charge in [-0.2, -0.15) is 4.98 Å². The predicted molar refractivity (Wildman–Crippen MR) is 77.7 cm³/mol. The SMILES string of the molecule is COc1ccc(NC(=O)C(C)Sc2n[nH]c(N)n2)cc1. The molecule has 106 valence electrons. The highest BCUT2D eigenvalue weighted by Gasteiger charge is 2.17. The van der Waals surface area contributed by atoms with Crippen LogP contribution in [-0.4, -0.2) is 33.4 Å². The Kier molecular flexibility index (Phi) is 4.46. The normalized spacial score (nSPS) is 11.9. The van der Waals surface area contributed by atoms with Gasteiger partial charge in [0.2, 0.25) is 17.0 Å². The first-order valence-corrected chi connectivity index (χ1v) is 6.76. The molecule has 20 heavy (non-hydrogen) atoms. The summed E-state index contributed by atoms with van der Waals surface area (Å²) in [7, 11) is 1.59. The number of carbonyl (C=O) groups excluding carboxylic acids is 1. The van der Waals surface area contributed by atoms with E-state index in [1.807, 2.05) is 0 Å². The summed E-state index contributed by atoms with van der Waals surface area (Å²) in [4.78, 5) is 16.0. The lowest BCUT2D eigenvalue weighted by Crippen LogP contribution is -2.22. The van der Waals surface area contributed by atoms with Crippen LogP contribution in [0, 0.1) is 0 Å². The van der Waals surface area contributed by atoms with Crippen molar-refractivity contribution in [1.29, 1.82) is 0 Å². The molecular formula is C12H15N5O2S. The lowest BCUT2D eigenvalue weighted by Gasteiger charge is -2.10. The third-order valence-corrected chi connectivity index (χ3v) is 3.45. The molecule has 1 atom stereocenters. The Bertz CT molecular complexity index is 584. The highest BCUT2D eigenvalue weighted by Crippen LogP contribution is 2.21. The van der Waals surface area contributed by atoms with E-state index in [1.165, 1.54) is 11.8 Å². The van der Waals surface area contributed by atoms with Crippen LogP contribution in [0.2, 0.25) is 0 Å². The molecule has 1 heterocycles. The van der Waals surface area contributed by atoms with Gasteiger partial charge in [0.25, 0.3) is 0 Å². The van der Waals surface area contributed by atoms with Gasteiger partial charge in [0, 0.05) is 5.69 Å². The van der Waals surface area contributed by atoms with Crippen molar-refractivity contribution in [1.82, 2.24) is 15.2 Å². The van der Waals surface area contributed by atoms with Crippen molar-refractivity contribution in [2.24, 2.45) is 0 Å². The lowest BCUT2D eigenvalue weighted by atomic mass is 10.3. The van der Waals surface area contributed by atoms with E-state index >= 15 is 0 Å². The monoisotopic (exact) mass is 293 g/mol. The number of amides is 1. The summed E-state index contributed by atoms with van der Waals surface area (Å²) < 4.78 is 5.05. The molecule has 0 aliphatic heterocycles. The minimum atomic E-state index is -0.340. The number of nitrogens with one attached hydrogen (secondary N) is 2. The summed E-state index contributed by atoms with van der Waals surface area (Å²) in [6.45, 7) is 1.77.